The fourth-order valence-electron chi connectivity index (χ4n) is 3.56. The molecule has 37 heavy (non-hydrogen) atoms. The van der Waals surface area contributed by atoms with Crippen LogP contribution >= 0.6 is 0 Å². The van der Waals surface area contributed by atoms with Crippen LogP contribution in [0.4, 0.5) is 4.79 Å². The molecular weight excluding hydrogens is 482 g/mol. The van der Waals surface area contributed by atoms with Gasteiger partial charge >= 0.3 is 12.1 Å². The average molecular weight is 524 g/mol. The first kappa shape index (κ1) is 31.7. The third kappa shape index (κ3) is 10.7. The number of esters is 1. The van der Waals surface area contributed by atoms with Gasteiger partial charge in [0.2, 0.25) is 11.8 Å². The monoisotopic (exact) mass is 523 g/mol. The molecule has 3 unspecified atom stereocenters. The van der Waals surface area contributed by atoms with E-state index >= 15 is 0 Å². The van der Waals surface area contributed by atoms with Crippen molar-refractivity contribution in [1.29, 1.82) is 0 Å². The van der Waals surface area contributed by atoms with Crippen molar-refractivity contribution < 1.29 is 38.9 Å². The molecular formula is C26H41N3O8. The van der Waals surface area contributed by atoms with Gasteiger partial charge in [0.1, 0.15) is 23.4 Å². The Labute approximate surface area is 218 Å². The summed E-state index contributed by atoms with van der Waals surface area (Å²) in [7, 11) is 0. The molecule has 11 nitrogen and oxygen atoms in total. The third-order valence-corrected chi connectivity index (χ3v) is 5.45. The number of phenolic OH excluding ortho intramolecular Hbond substituents is 1. The van der Waals surface area contributed by atoms with Crippen molar-refractivity contribution in [2.45, 2.75) is 72.1 Å². The smallest absolute Gasteiger partial charge is 0.408 e. The molecule has 4 N–H and O–H groups in total. The number of amides is 3. The Morgan fingerprint density at radius 3 is 2.35 bits per heavy atom. The molecule has 0 saturated heterocycles. The number of nitrogens with one attached hydrogen (secondary N) is 2. The summed E-state index contributed by atoms with van der Waals surface area (Å²) >= 11 is 0. The Balaban J connectivity index is 3.36. The quantitative estimate of drug-likeness (QED) is 0.287. The van der Waals surface area contributed by atoms with E-state index in [1.54, 1.807) is 40.7 Å². The van der Waals surface area contributed by atoms with E-state index in [9.17, 15) is 29.4 Å². The summed E-state index contributed by atoms with van der Waals surface area (Å²) < 4.78 is 10.2. The molecule has 0 spiro atoms. The fourth-order valence-corrected chi connectivity index (χ4v) is 3.56. The number of phenols is 1. The summed E-state index contributed by atoms with van der Waals surface area (Å²) in [6.07, 6.45) is -0.333. The molecule has 0 fully saturated rings. The summed E-state index contributed by atoms with van der Waals surface area (Å²) in [6.45, 7) is 9.87. The van der Waals surface area contributed by atoms with Crippen molar-refractivity contribution in [3.8, 4) is 5.75 Å². The van der Waals surface area contributed by atoms with Crippen LogP contribution in [0.5, 0.6) is 5.75 Å². The molecule has 0 aromatic heterocycles. The van der Waals surface area contributed by atoms with E-state index in [4.69, 9.17) is 9.47 Å². The van der Waals surface area contributed by atoms with Gasteiger partial charge in [0.15, 0.2) is 0 Å². The van der Waals surface area contributed by atoms with Gasteiger partial charge in [0.05, 0.1) is 19.6 Å². The van der Waals surface area contributed by atoms with Gasteiger partial charge in [-0.05, 0) is 51.3 Å². The van der Waals surface area contributed by atoms with Gasteiger partial charge in [-0.1, -0.05) is 32.4 Å². The summed E-state index contributed by atoms with van der Waals surface area (Å²) in [6, 6.07) is 3.53. The van der Waals surface area contributed by atoms with Crippen molar-refractivity contribution in [2.75, 3.05) is 26.3 Å². The number of aliphatic hydroxyl groups excluding tert-OH is 1. The first-order valence-electron chi connectivity index (χ1n) is 12.5. The fraction of sp³-hybridized carbons (Fsp3) is 0.615. The SMILES string of the molecule is CCOC(=O)CCNC(=O)C(c1cccc(O)c1)N(CCO)C(=O)C(NC(=O)OC(C)(C)C)C(C)CC. The van der Waals surface area contributed by atoms with Gasteiger partial charge < -0.3 is 35.2 Å². The standard InChI is InChI=1S/C26H41N3O8/c1-7-17(3)21(28-25(35)37-26(4,5)6)24(34)29(14-15-30)22(18-10-9-11-19(31)16-18)23(33)27-13-12-20(32)36-8-2/h9-11,16-17,21-22,30-31H,7-8,12-15H2,1-6H3,(H,27,33)(H,28,35). The minimum Gasteiger partial charge on any atom is -0.508 e. The highest BCUT2D eigenvalue weighted by molar-refractivity contribution is 5.92. The van der Waals surface area contributed by atoms with E-state index in [0.29, 0.717) is 6.42 Å². The van der Waals surface area contributed by atoms with Crippen LogP contribution in [0, 0.1) is 5.92 Å². The second-order valence-corrected chi connectivity index (χ2v) is 9.61. The summed E-state index contributed by atoms with van der Waals surface area (Å²) in [5.74, 6) is -2.18. The second-order valence-electron chi connectivity index (χ2n) is 9.61. The Bertz CT molecular complexity index is 915. The van der Waals surface area contributed by atoms with Gasteiger partial charge in [-0.3, -0.25) is 14.4 Å². The molecule has 208 valence electrons. The molecule has 0 aliphatic carbocycles. The van der Waals surface area contributed by atoms with Crippen molar-refractivity contribution in [3.05, 3.63) is 29.8 Å². The molecule has 0 aliphatic rings. The van der Waals surface area contributed by atoms with E-state index < -0.39 is 48.2 Å². The lowest BCUT2D eigenvalue weighted by molar-refractivity contribution is -0.145. The van der Waals surface area contributed by atoms with E-state index in [-0.39, 0.29) is 43.3 Å². The lowest BCUT2D eigenvalue weighted by atomic mass is 9.95. The summed E-state index contributed by atoms with van der Waals surface area (Å²) in [5.41, 5.74) is -0.503. The molecule has 0 radical (unpaired) electrons. The van der Waals surface area contributed by atoms with Crippen molar-refractivity contribution in [2.24, 2.45) is 5.92 Å². The van der Waals surface area contributed by atoms with Crippen molar-refractivity contribution >= 4 is 23.9 Å². The molecule has 1 aromatic rings. The minimum absolute atomic E-state index is 0.0426. The molecule has 0 saturated carbocycles. The lowest BCUT2D eigenvalue weighted by Gasteiger charge is -2.35. The predicted molar refractivity (Wildman–Crippen MR) is 137 cm³/mol. The highest BCUT2D eigenvalue weighted by atomic mass is 16.6. The summed E-state index contributed by atoms with van der Waals surface area (Å²) in [4.78, 5) is 52.6. The number of carbonyl (C=O) groups excluding carboxylic acids is 4. The number of rotatable bonds is 13. The zero-order valence-electron chi connectivity index (χ0n) is 22.6. The number of hydrogen-bond donors (Lipinski definition) is 4. The van der Waals surface area contributed by atoms with Crippen LogP contribution in [0.3, 0.4) is 0 Å². The predicted octanol–water partition coefficient (Wildman–Crippen LogP) is 2.26. The van der Waals surface area contributed by atoms with E-state index in [0.717, 1.165) is 4.90 Å². The third-order valence-electron chi connectivity index (χ3n) is 5.45. The van der Waals surface area contributed by atoms with Crippen LogP contribution < -0.4 is 10.6 Å². The van der Waals surface area contributed by atoms with Crippen LogP contribution in [0.15, 0.2) is 24.3 Å². The minimum atomic E-state index is -1.26. The highest BCUT2D eigenvalue weighted by Crippen LogP contribution is 2.26. The molecule has 11 heteroatoms. The molecule has 3 amide bonds. The van der Waals surface area contributed by atoms with Crippen LogP contribution in [0.25, 0.3) is 0 Å². The Kier molecular flexibility index (Phi) is 12.9. The molecule has 3 atom stereocenters. The zero-order chi connectivity index (χ0) is 28.2. The number of aromatic hydroxyl groups is 1. The average Bonchev–Trinajstić information content (AvgIpc) is 2.80. The van der Waals surface area contributed by atoms with E-state index in [2.05, 4.69) is 10.6 Å². The number of carbonyl (C=O) groups is 4. The number of aliphatic hydroxyl groups is 1. The first-order valence-corrected chi connectivity index (χ1v) is 12.5. The summed E-state index contributed by atoms with van der Waals surface area (Å²) in [5, 5.41) is 25.1. The zero-order valence-corrected chi connectivity index (χ0v) is 22.6. The van der Waals surface area contributed by atoms with Crippen molar-refractivity contribution in [1.82, 2.24) is 15.5 Å². The maximum atomic E-state index is 13.8. The maximum Gasteiger partial charge on any atom is 0.408 e. The molecule has 0 heterocycles. The second kappa shape index (κ2) is 15.0. The number of ether oxygens (including phenoxy) is 2. The molecule has 0 bridgehead atoms. The van der Waals surface area contributed by atoms with Gasteiger partial charge in [-0.2, -0.15) is 0 Å². The number of alkyl carbamates (subject to hydrolysis) is 1. The Morgan fingerprint density at radius 1 is 1.14 bits per heavy atom. The Hall–Kier alpha value is -3.34. The maximum absolute atomic E-state index is 13.8. The van der Waals surface area contributed by atoms with Gasteiger partial charge in [0.25, 0.3) is 0 Å². The molecule has 1 aromatic carbocycles. The van der Waals surface area contributed by atoms with Crippen molar-refractivity contribution in [3.63, 3.8) is 0 Å². The van der Waals surface area contributed by atoms with E-state index in [1.807, 2.05) is 6.92 Å². The number of nitrogens with zero attached hydrogens (tertiary/aromatic N) is 1. The molecule has 1 rings (SSSR count). The van der Waals surface area contributed by atoms with Crippen LogP contribution in [-0.2, 0) is 23.9 Å². The number of hydrogen-bond acceptors (Lipinski definition) is 8. The highest BCUT2D eigenvalue weighted by Gasteiger charge is 2.38. The lowest BCUT2D eigenvalue weighted by Crippen LogP contribution is -2.55. The van der Waals surface area contributed by atoms with Gasteiger partial charge in [-0.15, -0.1) is 0 Å². The van der Waals surface area contributed by atoms with Crippen LogP contribution in [0.2, 0.25) is 0 Å². The van der Waals surface area contributed by atoms with Gasteiger partial charge in [0, 0.05) is 13.1 Å². The largest absolute Gasteiger partial charge is 0.508 e. The topological polar surface area (TPSA) is 154 Å². The first-order chi connectivity index (χ1) is 17.3. The Morgan fingerprint density at radius 2 is 1.81 bits per heavy atom. The van der Waals surface area contributed by atoms with Crippen LogP contribution in [-0.4, -0.2) is 76.9 Å². The van der Waals surface area contributed by atoms with Crippen LogP contribution in [0.1, 0.15) is 66.0 Å². The number of benzene rings is 1. The van der Waals surface area contributed by atoms with E-state index in [1.165, 1.54) is 18.2 Å². The normalized spacial score (nSPS) is 13.6. The molecule has 0 aliphatic heterocycles. The van der Waals surface area contributed by atoms with Gasteiger partial charge in [-0.25, -0.2) is 4.79 Å².